The van der Waals surface area contributed by atoms with E-state index < -0.39 is 10.0 Å². The maximum absolute atomic E-state index is 12.3. The zero-order valence-corrected chi connectivity index (χ0v) is 13.2. The second-order valence-electron chi connectivity index (χ2n) is 5.14. The number of aliphatic hydroxyl groups is 1. The molecular formula is C14H21NO3S2. The number of aliphatic hydroxyl groups excluding tert-OH is 1. The minimum atomic E-state index is -3.48. The molecule has 20 heavy (non-hydrogen) atoms. The molecule has 0 aliphatic heterocycles. The van der Waals surface area contributed by atoms with Gasteiger partial charge in [0.1, 0.15) is 0 Å². The Kier molecular flexibility index (Phi) is 5.49. The summed E-state index contributed by atoms with van der Waals surface area (Å²) in [5, 5.41) is 9.75. The van der Waals surface area contributed by atoms with E-state index in [2.05, 4.69) is 11.0 Å². The smallest absolute Gasteiger partial charge is 0.240 e. The molecule has 1 saturated carbocycles. The lowest BCUT2D eigenvalue weighted by molar-refractivity contribution is 0.281. The van der Waals surface area contributed by atoms with Gasteiger partial charge in [-0.3, -0.25) is 0 Å². The minimum Gasteiger partial charge on any atom is -0.392 e. The van der Waals surface area contributed by atoms with Crippen LogP contribution in [-0.2, 0) is 16.6 Å². The Morgan fingerprint density at radius 2 is 2.00 bits per heavy atom. The summed E-state index contributed by atoms with van der Waals surface area (Å²) in [6.07, 6.45) is 6.01. The molecule has 0 atom stereocenters. The maximum atomic E-state index is 12.3. The van der Waals surface area contributed by atoms with Gasteiger partial charge < -0.3 is 5.11 Å². The molecule has 1 aliphatic carbocycles. The molecule has 0 heterocycles. The molecule has 4 nitrogen and oxygen atoms in total. The second kappa shape index (κ2) is 6.93. The molecule has 0 bridgehead atoms. The fourth-order valence-corrected chi connectivity index (χ4v) is 4.63. The van der Waals surface area contributed by atoms with E-state index in [9.17, 15) is 8.42 Å². The second-order valence-corrected chi connectivity index (χ2v) is 7.99. The van der Waals surface area contributed by atoms with Crippen molar-refractivity contribution in [1.29, 1.82) is 0 Å². The van der Waals surface area contributed by atoms with Crippen LogP contribution >= 0.6 is 11.8 Å². The predicted molar refractivity (Wildman–Crippen MR) is 82.2 cm³/mol. The lowest BCUT2D eigenvalue weighted by Crippen LogP contribution is -2.38. The summed E-state index contributed by atoms with van der Waals surface area (Å²) in [6.45, 7) is -0.151. The lowest BCUT2D eigenvalue weighted by Gasteiger charge is -2.27. The van der Waals surface area contributed by atoms with E-state index in [4.69, 9.17) is 5.11 Å². The van der Waals surface area contributed by atoms with Crippen molar-refractivity contribution >= 4 is 21.8 Å². The fourth-order valence-electron chi connectivity index (χ4n) is 2.51. The number of thioether (sulfide) groups is 1. The number of hydrogen-bond donors (Lipinski definition) is 2. The molecule has 0 radical (unpaired) electrons. The molecule has 1 aromatic rings. The highest BCUT2D eigenvalue weighted by molar-refractivity contribution is 7.99. The van der Waals surface area contributed by atoms with Crippen LogP contribution < -0.4 is 4.72 Å². The molecule has 2 N–H and O–H groups in total. The van der Waals surface area contributed by atoms with Crippen molar-refractivity contribution in [3.8, 4) is 0 Å². The number of benzene rings is 1. The van der Waals surface area contributed by atoms with Crippen molar-refractivity contribution in [2.75, 3.05) is 6.26 Å². The summed E-state index contributed by atoms with van der Waals surface area (Å²) in [5.74, 6) is 0. The number of rotatable bonds is 5. The molecule has 0 aromatic heterocycles. The average molecular weight is 315 g/mol. The Bertz CT molecular complexity index is 537. The summed E-state index contributed by atoms with van der Waals surface area (Å²) in [6, 6.07) is 6.49. The standard InChI is InChI=1S/C14H21NO3S2/c1-19-13-7-5-12(6-8-13)15-20(17,18)14-4-2-3-11(9-14)10-16/h2-4,9,12-13,15-16H,5-8,10H2,1H3. The van der Waals surface area contributed by atoms with E-state index in [1.54, 1.807) is 18.2 Å². The topological polar surface area (TPSA) is 66.4 Å². The van der Waals surface area contributed by atoms with Crippen LogP contribution in [0.3, 0.4) is 0 Å². The van der Waals surface area contributed by atoms with Gasteiger partial charge in [0.25, 0.3) is 0 Å². The van der Waals surface area contributed by atoms with Crippen LogP contribution in [0, 0.1) is 0 Å². The van der Waals surface area contributed by atoms with Gasteiger partial charge >= 0.3 is 0 Å². The van der Waals surface area contributed by atoms with Gasteiger partial charge in [-0.05, 0) is 49.6 Å². The summed E-state index contributed by atoms with van der Waals surface area (Å²) in [4.78, 5) is 0.232. The average Bonchev–Trinajstić information content (AvgIpc) is 2.48. The molecule has 0 unspecified atom stereocenters. The summed E-state index contributed by atoms with van der Waals surface area (Å²) < 4.78 is 27.4. The molecule has 0 spiro atoms. The van der Waals surface area contributed by atoms with Gasteiger partial charge in [-0.1, -0.05) is 12.1 Å². The Balaban J connectivity index is 2.04. The molecule has 2 rings (SSSR count). The molecule has 1 aromatic carbocycles. The number of nitrogens with one attached hydrogen (secondary N) is 1. The maximum Gasteiger partial charge on any atom is 0.240 e. The quantitative estimate of drug-likeness (QED) is 0.873. The largest absolute Gasteiger partial charge is 0.392 e. The number of sulfonamides is 1. The summed E-state index contributed by atoms with van der Waals surface area (Å²) >= 11 is 1.86. The highest BCUT2D eigenvalue weighted by atomic mass is 32.2. The third kappa shape index (κ3) is 3.97. The first-order valence-electron chi connectivity index (χ1n) is 6.80. The Labute approximate surface area is 125 Å². The number of hydrogen-bond acceptors (Lipinski definition) is 4. The van der Waals surface area contributed by atoms with Crippen LogP contribution in [0.15, 0.2) is 29.2 Å². The fraction of sp³-hybridized carbons (Fsp3) is 0.571. The normalized spacial score (nSPS) is 23.7. The Morgan fingerprint density at radius 3 is 2.60 bits per heavy atom. The van der Waals surface area contributed by atoms with E-state index >= 15 is 0 Å². The van der Waals surface area contributed by atoms with Crippen molar-refractivity contribution < 1.29 is 13.5 Å². The van der Waals surface area contributed by atoms with Gasteiger partial charge in [-0.25, -0.2) is 13.1 Å². The molecular weight excluding hydrogens is 294 g/mol. The molecule has 0 saturated heterocycles. The zero-order chi connectivity index (χ0) is 14.6. The zero-order valence-electron chi connectivity index (χ0n) is 11.6. The van der Waals surface area contributed by atoms with E-state index in [0.29, 0.717) is 10.8 Å². The van der Waals surface area contributed by atoms with Crippen LogP contribution in [0.25, 0.3) is 0 Å². The van der Waals surface area contributed by atoms with Crippen molar-refractivity contribution in [1.82, 2.24) is 4.72 Å². The van der Waals surface area contributed by atoms with Gasteiger partial charge in [0, 0.05) is 11.3 Å². The van der Waals surface area contributed by atoms with E-state index in [1.807, 2.05) is 11.8 Å². The molecule has 6 heteroatoms. The van der Waals surface area contributed by atoms with Crippen LogP contribution in [0.4, 0.5) is 0 Å². The highest BCUT2D eigenvalue weighted by Crippen LogP contribution is 2.27. The van der Waals surface area contributed by atoms with Gasteiger partial charge in [0.15, 0.2) is 0 Å². The third-order valence-electron chi connectivity index (χ3n) is 3.72. The Morgan fingerprint density at radius 1 is 1.30 bits per heavy atom. The first-order valence-corrected chi connectivity index (χ1v) is 9.57. The van der Waals surface area contributed by atoms with E-state index in [0.717, 1.165) is 25.7 Å². The minimum absolute atomic E-state index is 0.0289. The van der Waals surface area contributed by atoms with Gasteiger partial charge in [0.05, 0.1) is 11.5 Å². The predicted octanol–water partition coefficient (Wildman–Crippen LogP) is 2.13. The van der Waals surface area contributed by atoms with Crippen molar-refractivity contribution in [3.63, 3.8) is 0 Å². The van der Waals surface area contributed by atoms with Gasteiger partial charge in [0.2, 0.25) is 10.0 Å². The highest BCUT2D eigenvalue weighted by Gasteiger charge is 2.25. The monoisotopic (exact) mass is 315 g/mol. The van der Waals surface area contributed by atoms with Crippen molar-refractivity contribution in [2.24, 2.45) is 0 Å². The SMILES string of the molecule is CSC1CCC(NS(=O)(=O)c2cccc(CO)c2)CC1. The van der Waals surface area contributed by atoms with Crippen molar-refractivity contribution in [2.45, 2.75) is 48.5 Å². The van der Waals surface area contributed by atoms with Gasteiger partial charge in [-0.2, -0.15) is 11.8 Å². The van der Waals surface area contributed by atoms with E-state index in [-0.39, 0.29) is 17.5 Å². The van der Waals surface area contributed by atoms with Gasteiger partial charge in [-0.15, -0.1) is 0 Å². The summed E-state index contributed by atoms with van der Waals surface area (Å²) in [7, 11) is -3.48. The van der Waals surface area contributed by atoms with E-state index in [1.165, 1.54) is 6.07 Å². The summed E-state index contributed by atoms with van der Waals surface area (Å²) in [5.41, 5.74) is 0.610. The van der Waals surface area contributed by atoms with Crippen LogP contribution in [0.2, 0.25) is 0 Å². The first-order chi connectivity index (χ1) is 9.55. The van der Waals surface area contributed by atoms with Crippen LogP contribution in [-0.4, -0.2) is 31.1 Å². The third-order valence-corrected chi connectivity index (χ3v) is 6.38. The van der Waals surface area contributed by atoms with Crippen LogP contribution in [0.1, 0.15) is 31.2 Å². The Hall–Kier alpha value is -0.560. The molecule has 0 amide bonds. The first kappa shape index (κ1) is 15.8. The molecule has 1 aliphatic rings. The lowest BCUT2D eigenvalue weighted by atomic mass is 9.96. The molecule has 112 valence electrons. The van der Waals surface area contributed by atoms with Crippen LogP contribution in [0.5, 0.6) is 0 Å². The van der Waals surface area contributed by atoms with Crippen molar-refractivity contribution in [3.05, 3.63) is 29.8 Å². The molecule has 1 fully saturated rings.